The van der Waals surface area contributed by atoms with Crippen molar-refractivity contribution in [1.82, 2.24) is 15.3 Å². The van der Waals surface area contributed by atoms with Crippen LogP contribution in [0.25, 0.3) is 0 Å². The van der Waals surface area contributed by atoms with E-state index in [1.54, 1.807) is 12.4 Å². The molecule has 1 saturated carbocycles. The van der Waals surface area contributed by atoms with Crippen LogP contribution in [0.15, 0.2) is 18.6 Å². The van der Waals surface area contributed by atoms with Crippen LogP contribution in [0.1, 0.15) is 44.7 Å². The first kappa shape index (κ1) is 11.5. The molecule has 0 bridgehead atoms. The summed E-state index contributed by atoms with van der Waals surface area (Å²) in [6.07, 6.45) is 12.1. The predicted octanol–water partition coefficient (Wildman–Crippen LogP) is 2.54. The molecule has 0 atom stereocenters. The summed E-state index contributed by atoms with van der Waals surface area (Å²) < 4.78 is 0. The Morgan fingerprint density at radius 2 is 2.06 bits per heavy atom. The molecule has 3 heteroatoms. The molecule has 0 spiro atoms. The van der Waals surface area contributed by atoms with Gasteiger partial charge in [0.15, 0.2) is 0 Å². The lowest BCUT2D eigenvalue weighted by Crippen LogP contribution is -2.32. The maximum absolute atomic E-state index is 4.27. The van der Waals surface area contributed by atoms with Crippen molar-refractivity contribution in [3.05, 3.63) is 24.3 Å². The van der Waals surface area contributed by atoms with Gasteiger partial charge in [-0.2, -0.15) is 0 Å². The Bertz CT molecular complexity index is 291. The van der Waals surface area contributed by atoms with Crippen molar-refractivity contribution in [1.29, 1.82) is 0 Å². The Morgan fingerprint density at radius 1 is 1.25 bits per heavy atom. The van der Waals surface area contributed by atoms with E-state index in [2.05, 4.69) is 22.2 Å². The fraction of sp³-hybridized carbons (Fsp3) is 0.692. The minimum Gasteiger partial charge on any atom is -0.308 e. The SMILES string of the molecule is CCC1CCC(NCc2cnccn2)CC1. The molecular weight excluding hydrogens is 198 g/mol. The van der Waals surface area contributed by atoms with Crippen LogP contribution in [-0.2, 0) is 6.54 Å². The van der Waals surface area contributed by atoms with Gasteiger partial charge in [0.25, 0.3) is 0 Å². The average molecular weight is 219 g/mol. The third-order valence-electron chi connectivity index (χ3n) is 3.61. The van der Waals surface area contributed by atoms with Crippen molar-refractivity contribution < 1.29 is 0 Å². The number of aromatic nitrogens is 2. The Labute approximate surface area is 97.7 Å². The van der Waals surface area contributed by atoms with Crippen LogP contribution in [0.5, 0.6) is 0 Å². The third-order valence-corrected chi connectivity index (χ3v) is 3.61. The standard InChI is InChI=1S/C13H21N3/c1-2-11-3-5-12(6-4-11)16-10-13-9-14-7-8-15-13/h7-9,11-12,16H,2-6,10H2,1H3. The van der Waals surface area contributed by atoms with Crippen LogP contribution >= 0.6 is 0 Å². The molecule has 1 heterocycles. The normalized spacial score (nSPS) is 25.6. The lowest BCUT2D eigenvalue weighted by molar-refractivity contribution is 0.284. The van der Waals surface area contributed by atoms with Crippen molar-refractivity contribution in [2.24, 2.45) is 5.92 Å². The first-order chi connectivity index (χ1) is 7.88. The van der Waals surface area contributed by atoms with Crippen LogP contribution in [0.4, 0.5) is 0 Å². The summed E-state index contributed by atoms with van der Waals surface area (Å²) in [5.74, 6) is 0.967. The van der Waals surface area contributed by atoms with E-state index in [1.807, 2.05) is 6.20 Å². The van der Waals surface area contributed by atoms with E-state index in [0.717, 1.165) is 18.2 Å². The van der Waals surface area contributed by atoms with Crippen LogP contribution in [0.2, 0.25) is 0 Å². The van der Waals surface area contributed by atoms with Crippen molar-refractivity contribution in [3.8, 4) is 0 Å². The van der Waals surface area contributed by atoms with E-state index in [1.165, 1.54) is 32.1 Å². The minimum atomic E-state index is 0.685. The molecule has 1 aromatic rings. The van der Waals surface area contributed by atoms with E-state index >= 15 is 0 Å². The maximum Gasteiger partial charge on any atom is 0.0724 e. The van der Waals surface area contributed by atoms with Crippen LogP contribution in [0.3, 0.4) is 0 Å². The van der Waals surface area contributed by atoms with Gasteiger partial charge in [-0.3, -0.25) is 9.97 Å². The van der Waals surface area contributed by atoms with Gasteiger partial charge in [0.05, 0.1) is 5.69 Å². The molecule has 0 amide bonds. The highest BCUT2D eigenvalue weighted by Gasteiger charge is 2.19. The number of hydrogen-bond acceptors (Lipinski definition) is 3. The monoisotopic (exact) mass is 219 g/mol. The van der Waals surface area contributed by atoms with E-state index < -0.39 is 0 Å². The molecule has 3 nitrogen and oxygen atoms in total. The van der Waals surface area contributed by atoms with Gasteiger partial charge in [-0.15, -0.1) is 0 Å². The largest absolute Gasteiger partial charge is 0.308 e. The highest BCUT2D eigenvalue weighted by atomic mass is 14.9. The molecule has 0 aromatic carbocycles. The molecule has 1 aliphatic rings. The van der Waals surface area contributed by atoms with Gasteiger partial charge in [0.1, 0.15) is 0 Å². The quantitative estimate of drug-likeness (QED) is 0.845. The Morgan fingerprint density at radius 3 is 2.69 bits per heavy atom. The zero-order valence-electron chi connectivity index (χ0n) is 10.0. The zero-order chi connectivity index (χ0) is 11.2. The topological polar surface area (TPSA) is 37.8 Å². The number of rotatable bonds is 4. The minimum absolute atomic E-state index is 0.685. The predicted molar refractivity (Wildman–Crippen MR) is 64.9 cm³/mol. The van der Waals surface area contributed by atoms with Crippen molar-refractivity contribution >= 4 is 0 Å². The molecule has 1 N–H and O–H groups in total. The Hall–Kier alpha value is -0.960. The molecule has 16 heavy (non-hydrogen) atoms. The highest BCUT2D eigenvalue weighted by Crippen LogP contribution is 2.26. The van der Waals surface area contributed by atoms with Gasteiger partial charge in [-0.25, -0.2) is 0 Å². The maximum atomic E-state index is 4.27. The first-order valence-electron chi connectivity index (χ1n) is 6.36. The molecule has 0 saturated heterocycles. The molecule has 2 rings (SSSR count). The lowest BCUT2D eigenvalue weighted by Gasteiger charge is -2.28. The lowest BCUT2D eigenvalue weighted by atomic mass is 9.84. The summed E-state index contributed by atoms with van der Waals surface area (Å²) in [5.41, 5.74) is 1.04. The van der Waals surface area contributed by atoms with E-state index in [9.17, 15) is 0 Å². The van der Waals surface area contributed by atoms with Gasteiger partial charge in [-0.1, -0.05) is 13.3 Å². The van der Waals surface area contributed by atoms with Gasteiger partial charge < -0.3 is 5.32 Å². The van der Waals surface area contributed by atoms with Crippen molar-refractivity contribution in [2.75, 3.05) is 0 Å². The number of nitrogens with zero attached hydrogens (tertiary/aromatic N) is 2. The fourth-order valence-electron chi connectivity index (χ4n) is 2.44. The molecule has 0 radical (unpaired) electrons. The van der Waals surface area contributed by atoms with Crippen LogP contribution < -0.4 is 5.32 Å². The first-order valence-corrected chi connectivity index (χ1v) is 6.36. The Balaban J connectivity index is 1.72. The zero-order valence-corrected chi connectivity index (χ0v) is 10.0. The Kier molecular flexibility index (Phi) is 4.28. The van der Waals surface area contributed by atoms with Gasteiger partial charge in [0, 0.05) is 31.2 Å². The molecule has 88 valence electrons. The van der Waals surface area contributed by atoms with E-state index in [4.69, 9.17) is 0 Å². The molecule has 1 fully saturated rings. The van der Waals surface area contributed by atoms with E-state index in [0.29, 0.717) is 6.04 Å². The smallest absolute Gasteiger partial charge is 0.0724 e. The van der Waals surface area contributed by atoms with Crippen molar-refractivity contribution in [2.45, 2.75) is 51.6 Å². The average Bonchev–Trinajstić information content (AvgIpc) is 2.38. The summed E-state index contributed by atoms with van der Waals surface area (Å²) in [6.45, 7) is 3.16. The van der Waals surface area contributed by atoms with E-state index in [-0.39, 0.29) is 0 Å². The summed E-state index contributed by atoms with van der Waals surface area (Å²) in [7, 11) is 0. The summed E-state index contributed by atoms with van der Waals surface area (Å²) >= 11 is 0. The number of hydrogen-bond donors (Lipinski definition) is 1. The van der Waals surface area contributed by atoms with Crippen LogP contribution in [-0.4, -0.2) is 16.0 Å². The summed E-state index contributed by atoms with van der Waals surface area (Å²) in [5, 5.41) is 3.58. The molecule has 0 aliphatic heterocycles. The third kappa shape index (κ3) is 3.27. The molecule has 1 aliphatic carbocycles. The second kappa shape index (κ2) is 5.94. The second-order valence-corrected chi connectivity index (χ2v) is 4.70. The van der Waals surface area contributed by atoms with Crippen molar-refractivity contribution in [3.63, 3.8) is 0 Å². The fourth-order valence-corrected chi connectivity index (χ4v) is 2.44. The second-order valence-electron chi connectivity index (χ2n) is 4.70. The van der Waals surface area contributed by atoms with Gasteiger partial charge in [0.2, 0.25) is 0 Å². The summed E-state index contributed by atoms with van der Waals surface area (Å²) in [4.78, 5) is 8.34. The molecule has 1 aromatic heterocycles. The molecular formula is C13H21N3. The molecule has 0 unspecified atom stereocenters. The van der Waals surface area contributed by atoms with Gasteiger partial charge in [-0.05, 0) is 31.6 Å². The highest BCUT2D eigenvalue weighted by molar-refractivity contribution is 4.94. The van der Waals surface area contributed by atoms with Gasteiger partial charge >= 0.3 is 0 Å². The summed E-state index contributed by atoms with van der Waals surface area (Å²) in [6, 6.07) is 0.685. The van der Waals surface area contributed by atoms with Crippen LogP contribution in [0, 0.1) is 5.92 Å². The number of nitrogens with one attached hydrogen (secondary N) is 1.